The molecular weight excluding hydrogens is 308 g/mol. The van der Waals surface area contributed by atoms with Crippen LogP contribution in [0.1, 0.15) is 21.5 Å². The number of benzene rings is 2. The molecule has 0 bridgehead atoms. The monoisotopic (exact) mass is 320 g/mol. The maximum Gasteiger partial charge on any atom is 0.193 e. The first-order valence-corrected chi connectivity index (χ1v) is 7.77. The molecule has 0 saturated heterocycles. The van der Waals surface area contributed by atoms with Gasteiger partial charge in [-0.25, -0.2) is 0 Å². The first kappa shape index (κ1) is 13.4. The Morgan fingerprint density at radius 1 is 1.00 bits per heavy atom. The molecule has 18 heavy (non-hydrogen) atoms. The van der Waals surface area contributed by atoms with Crippen LogP contribution in [0, 0.1) is 0 Å². The second-order valence-electron chi connectivity index (χ2n) is 3.97. The fourth-order valence-corrected chi connectivity index (χ4v) is 2.48. The van der Waals surface area contributed by atoms with Gasteiger partial charge in [0.2, 0.25) is 0 Å². The zero-order valence-electron chi connectivity index (χ0n) is 10.0. The standard InChI is InChI=1S/C15H13BrOS/c1-18-10-11-2-4-12(5-3-11)15(17)13-6-8-14(16)9-7-13/h2-9H,10H2,1H3. The van der Waals surface area contributed by atoms with Gasteiger partial charge in [0, 0.05) is 21.4 Å². The maximum atomic E-state index is 12.2. The summed E-state index contributed by atoms with van der Waals surface area (Å²) >= 11 is 5.14. The summed E-state index contributed by atoms with van der Waals surface area (Å²) in [6.07, 6.45) is 2.07. The molecule has 3 heteroatoms. The van der Waals surface area contributed by atoms with E-state index in [4.69, 9.17) is 0 Å². The Bertz CT molecular complexity index is 531. The van der Waals surface area contributed by atoms with Gasteiger partial charge in [-0.3, -0.25) is 4.79 Å². The van der Waals surface area contributed by atoms with Gasteiger partial charge in [-0.15, -0.1) is 0 Å². The molecule has 0 radical (unpaired) electrons. The molecule has 0 heterocycles. The van der Waals surface area contributed by atoms with Crippen LogP contribution in [0.3, 0.4) is 0 Å². The average molecular weight is 321 g/mol. The van der Waals surface area contributed by atoms with Crippen molar-refractivity contribution in [2.24, 2.45) is 0 Å². The molecule has 0 aliphatic rings. The lowest BCUT2D eigenvalue weighted by molar-refractivity contribution is 0.103. The summed E-state index contributed by atoms with van der Waals surface area (Å²) in [6.45, 7) is 0. The lowest BCUT2D eigenvalue weighted by Gasteiger charge is -2.03. The molecule has 2 aromatic rings. The number of ketones is 1. The highest BCUT2D eigenvalue weighted by Crippen LogP contribution is 2.16. The number of thioether (sulfide) groups is 1. The predicted molar refractivity (Wildman–Crippen MR) is 81.2 cm³/mol. The van der Waals surface area contributed by atoms with E-state index >= 15 is 0 Å². The molecule has 2 aromatic carbocycles. The molecule has 2 rings (SSSR count). The summed E-state index contributed by atoms with van der Waals surface area (Å²) in [4.78, 5) is 12.2. The van der Waals surface area contributed by atoms with Gasteiger partial charge >= 0.3 is 0 Å². The normalized spacial score (nSPS) is 10.3. The van der Waals surface area contributed by atoms with Crippen LogP contribution in [0.15, 0.2) is 53.0 Å². The Kier molecular flexibility index (Phi) is 4.61. The number of carbonyl (C=O) groups is 1. The van der Waals surface area contributed by atoms with E-state index in [1.54, 1.807) is 11.8 Å². The van der Waals surface area contributed by atoms with E-state index < -0.39 is 0 Å². The van der Waals surface area contributed by atoms with E-state index in [1.165, 1.54) is 5.56 Å². The smallest absolute Gasteiger partial charge is 0.193 e. The van der Waals surface area contributed by atoms with Gasteiger partial charge in [0.1, 0.15) is 0 Å². The molecule has 0 unspecified atom stereocenters. The van der Waals surface area contributed by atoms with E-state index in [2.05, 4.69) is 22.2 Å². The van der Waals surface area contributed by atoms with Crippen molar-refractivity contribution in [1.82, 2.24) is 0 Å². The van der Waals surface area contributed by atoms with E-state index in [0.717, 1.165) is 21.4 Å². The highest BCUT2D eigenvalue weighted by atomic mass is 79.9. The van der Waals surface area contributed by atoms with Gasteiger partial charge in [0.25, 0.3) is 0 Å². The molecule has 0 spiro atoms. The van der Waals surface area contributed by atoms with Crippen molar-refractivity contribution in [1.29, 1.82) is 0 Å². The average Bonchev–Trinajstić information content (AvgIpc) is 2.40. The Hall–Kier alpha value is -1.06. The van der Waals surface area contributed by atoms with Crippen molar-refractivity contribution < 1.29 is 4.79 Å². The summed E-state index contributed by atoms with van der Waals surface area (Å²) in [6, 6.07) is 15.3. The molecule has 0 N–H and O–H groups in total. The molecule has 0 saturated carbocycles. The molecule has 92 valence electrons. The zero-order chi connectivity index (χ0) is 13.0. The fourth-order valence-electron chi connectivity index (χ4n) is 1.69. The quantitative estimate of drug-likeness (QED) is 0.769. The van der Waals surface area contributed by atoms with Crippen molar-refractivity contribution in [3.63, 3.8) is 0 Å². The molecule has 0 aliphatic heterocycles. The van der Waals surface area contributed by atoms with Crippen LogP contribution in [0.2, 0.25) is 0 Å². The van der Waals surface area contributed by atoms with Crippen LogP contribution < -0.4 is 0 Å². The van der Waals surface area contributed by atoms with Crippen LogP contribution in [-0.4, -0.2) is 12.0 Å². The van der Waals surface area contributed by atoms with Gasteiger partial charge in [-0.05, 0) is 36.1 Å². The summed E-state index contributed by atoms with van der Waals surface area (Å²) in [5.41, 5.74) is 2.70. The van der Waals surface area contributed by atoms with Crippen LogP contribution in [0.4, 0.5) is 0 Å². The Labute approximate surface area is 120 Å². The van der Waals surface area contributed by atoms with Crippen LogP contribution in [0.5, 0.6) is 0 Å². The topological polar surface area (TPSA) is 17.1 Å². The van der Waals surface area contributed by atoms with Crippen LogP contribution >= 0.6 is 27.7 Å². The lowest BCUT2D eigenvalue weighted by Crippen LogP contribution is -2.00. The number of carbonyl (C=O) groups excluding carboxylic acids is 1. The van der Waals surface area contributed by atoms with Gasteiger partial charge in [0.15, 0.2) is 5.78 Å². The number of hydrogen-bond acceptors (Lipinski definition) is 2. The summed E-state index contributed by atoms with van der Waals surface area (Å²) in [5, 5.41) is 0. The zero-order valence-corrected chi connectivity index (χ0v) is 12.4. The van der Waals surface area contributed by atoms with E-state index in [-0.39, 0.29) is 5.78 Å². The molecule has 0 fully saturated rings. The second kappa shape index (κ2) is 6.21. The largest absolute Gasteiger partial charge is 0.289 e. The van der Waals surface area contributed by atoms with Crippen molar-refractivity contribution in [2.45, 2.75) is 5.75 Å². The van der Waals surface area contributed by atoms with Crippen molar-refractivity contribution in [2.75, 3.05) is 6.26 Å². The molecule has 0 aromatic heterocycles. The first-order valence-electron chi connectivity index (χ1n) is 5.59. The third kappa shape index (κ3) is 3.24. The molecule has 0 amide bonds. The fraction of sp³-hybridized carbons (Fsp3) is 0.133. The third-order valence-corrected chi connectivity index (χ3v) is 3.78. The number of halogens is 1. The number of rotatable bonds is 4. The van der Waals surface area contributed by atoms with Crippen LogP contribution in [0.25, 0.3) is 0 Å². The van der Waals surface area contributed by atoms with Crippen molar-refractivity contribution in [3.05, 3.63) is 69.7 Å². The maximum absolute atomic E-state index is 12.2. The summed E-state index contributed by atoms with van der Waals surface area (Å²) in [7, 11) is 0. The molecular formula is C15H13BrOS. The Morgan fingerprint density at radius 3 is 2.00 bits per heavy atom. The highest BCUT2D eigenvalue weighted by molar-refractivity contribution is 9.10. The SMILES string of the molecule is CSCc1ccc(C(=O)c2ccc(Br)cc2)cc1. The molecule has 1 nitrogen and oxygen atoms in total. The Morgan fingerprint density at radius 2 is 1.50 bits per heavy atom. The second-order valence-corrected chi connectivity index (χ2v) is 5.75. The van der Waals surface area contributed by atoms with E-state index in [1.807, 2.05) is 48.5 Å². The minimum atomic E-state index is 0.0678. The van der Waals surface area contributed by atoms with Crippen LogP contribution in [-0.2, 0) is 5.75 Å². The van der Waals surface area contributed by atoms with Gasteiger partial charge in [0.05, 0.1) is 0 Å². The highest BCUT2D eigenvalue weighted by Gasteiger charge is 2.08. The van der Waals surface area contributed by atoms with Gasteiger partial charge in [-0.1, -0.05) is 40.2 Å². The minimum absolute atomic E-state index is 0.0678. The van der Waals surface area contributed by atoms with Crippen molar-refractivity contribution in [3.8, 4) is 0 Å². The Balaban J connectivity index is 2.20. The first-order chi connectivity index (χ1) is 8.70. The minimum Gasteiger partial charge on any atom is -0.289 e. The number of hydrogen-bond donors (Lipinski definition) is 0. The molecule has 0 aliphatic carbocycles. The third-order valence-electron chi connectivity index (χ3n) is 2.63. The summed E-state index contributed by atoms with van der Waals surface area (Å²) in [5.74, 6) is 1.05. The van der Waals surface area contributed by atoms with E-state index in [0.29, 0.717) is 0 Å². The lowest BCUT2D eigenvalue weighted by atomic mass is 10.0. The van der Waals surface area contributed by atoms with Gasteiger partial charge < -0.3 is 0 Å². The van der Waals surface area contributed by atoms with Crippen molar-refractivity contribution >= 4 is 33.5 Å². The predicted octanol–water partition coefficient (Wildman–Crippen LogP) is 4.54. The molecule has 0 atom stereocenters. The summed E-state index contributed by atoms with van der Waals surface area (Å²) < 4.78 is 0.981. The van der Waals surface area contributed by atoms with Gasteiger partial charge in [-0.2, -0.15) is 11.8 Å². The van der Waals surface area contributed by atoms with E-state index in [9.17, 15) is 4.79 Å².